The van der Waals surface area contributed by atoms with Gasteiger partial charge in [0.05, 0.1) is 29.2 Å². The molecule has 0 atom stereocenters. The van der Waals surface area contributed by atoms with Crippen LogP contribution in [0.4, 0.5) is 5.69 Å². The molecule has 1 aromatic heterocycles. The molecule has 0 aliphatic carbocycles. The van der Waals surface area contributed by atoms with Crippen LogP contribution in [0.5, 0.6) is 11.5 Å². The maximum atomic E-state index is 13.0. The van der Waals surface area contributed by atoms with Crippen LogP contribution in [0.2, 0.25) is 10.0 Å². The number of nitrogens with zero attached hydrogens (tertiary/aromatic N) is 4. The molecule has 0 saturated carbocycles. The molecule has 0 radical (unpaired) electrons. The van der Waals surface area contributed by atoms with Gasteiger partial charge in [-0.1, -0.05) is 45.2 Å². The number of fused-ring (bicyclic) bond motifs is 1. The summed E-state index contributed by atoms with van der Waals surface area (Å²) in [5.74, 6) is 0.393. The third-order valence-corrected chi connectivity index (χ3v) is 6.23. The summed E-state index contributed by atoms with van der Waals surface area (Å²) in [6.45, 7) is 1.59. The molecule has 0 fully saturated rings. The number of hydrogen-bond donors (Lipinski definition) is 0. The molecule has 0 saturated heterocycles. The van der Waals surface area contributed by atoms with Crippen molar-refractivity contribution in [1.82, 2.24) is 9.66 Å². The van der Waals surface area contributed by atoms with Crippen LogP contribution in [0.3, 0.4) is 0 Å². The number of nitro groups is 1. The summed E-state index contributed by atoms with van der Waals surface area (Å²) in [5.41, 5.74) is 0.720. The molecule has 9 nitrogen and oxygen atoms in total. The first-order valence-electron chi connectivity index (χ1n) is 10.3. The van der Waals surface area contributed by atoms with E-state index in [0.717, 1.165) is 9.15 Å². The first-order chi connectivity index (χ1) is 17.2. The van der Waals surface area contributed by atoms with Gasteiger partial charge in [-0.25, -0.2) is 4.98 Å². The molecule has 4 aromatic rings. The zero-order chi connectivity index (χ0) is 26.0. The Labute approximate surface area is 223 Å². The van der Waals surface area contributed by atoms with Crippen LogP contribution in [0.1, 0.15) is 17.0 Å². The van der Waals surface area contributed by atoms with Crippen molar-refractivity contribution in [1.29, 1.82) is 0 Å². The number of benzene rings is 3. The molecule has 0 spiro atoms. The Bertz CT molecular complexity index is 1590. The molecule has 4 rings (SSSR count). The summed E-state index contributed by atoms with van der Waals surface area (Å²) >= 11 is 15.5. The number of hydrogen-bond acceptors (Lipinski definition) is 7. The fourth-order valence-electron chi connectivity index (χ4n) is 3.42. The van der Waals surface area contributed by atoms with E-state index in [-0.39, 0.29) is 29.4 Å². The van der Waals surface area contributed by atoms with E-state index in [1.165, 1.54) is 25.5 Å². The summed E-state index contributed by atoms with van der Waals surface area (Å²) in [6.07, 6.45) is 1.31. The lowest BCUT2D eigenvalue weighted by Crippen LogP contribution is -2.20. The predicted octanol–water partition coefficient (Wildman–Crippen LogP) is 6.15. The fourth-order valence-corrected chi connectivity index (χ4v) is 4.25. The van der Waals surface area contributed by atoms with E-state index in [1.807, 2.05) is 0 Å². The monoisotopic (exact) mass is 590 g/mol. The molecule has 0 N–H and O–H groups in total. The van der Waals surface area contributed by atoms with Crippen molar-refractivity contribution in [3.8, 4) is 11.5 Å². The fraction of sp³-hybridized carbons (Fsp3) is 0.125. The van der Waals surface area contributed by atoms with Crippen LogP contribution in [0.15, 0.2) is 62.9 Å². The van der Waals surface area contributed by atoms with Crippen molar-refractivity contribution < 1.29 is 14.4 Å². The van der Waals surface area contributed by atoms with Gasteiger partial charge in [-0.05, 0) is 43.3 Å². The van der Waals surface area contributed by atoms with E-state index >= 15 is 0 Å². The minimum Gasteiger partial charge on any atom is -0.493 e. The Morgan fingerprint density at radius 3 is 2.67 bits per heavy atom. The molecule has 0 amide bonds. The van der Waals surface area contributed by atoms with Crippen LogP contribution in [-0.4, -0.2) is 27.9 Å². The van der Waals surface area contributed by atoms with Gasteiger partial charge in [-0.2, -0.15) is 9.78 Å². The lowest BCUT2D eigenvalue weighted by atomic mass is 10.1. The number of halogens is 3. The minimum absolute atomic E-state index is 0.0481. The predicted molar refractivity (Wildman–Crippen MR) is 142 cm³/mol. The van der Waals surface area contributed by atoms with E-state index in [0.29, 0.717) is 37.9 Å². The molecule has 36 heavy (non-hydrogen) atoms. The number of nitro benzene ring substituents is 1. The summed E-state index contributed by atoms with van der Waals surface area (Å²) in [4.78, 5) is 28.6. The van der Waals surface area contributed by atoms with Gasteiger partial charge in [0.25, 0.3) is 5.56 Å². The maximum Gasteiger partial charge on any atom is 0.315 e. The van der Waals surface area contributed by atoms with Crippen molar-refractivity contribution in [3.63, 3.8) is 0 Å². The van der Waals surface area contributed by atoms with Crippen molar-refractivity contribution in [2.24, 2.45) is 5.10 Å². The Morgan fingerprint density at radius 1 is 1.19 bits per heavy atom. The maximum absolute atomic E-state index is 13.0. The zero-order valence-electron chi connectivity index (χ0n) is 18.9. The summed E-state index contributed by atoms with van der Waals surface area (Å²) < 4.78 is 12.9. The summed E-state index contributed by atoms with van der Waals surface area (Å²) in [6, 6.07) is 12.8. The number of aryl methyl sites for hydroxylation is 1. The van der Waals surface area contributed by atoms with Gasteiger partial charge in [-0.15, -0.1) is 0 Å². The molecular formula is C24H17BrCl2N4O5. The van der Waals surface area contributed by atoms with Crippen LogP contribution in [-0.2, 0) is 6.61 Å². The number of methoxy groups -OCH3 is 1. The third kappa shape index (κ3) is 5.35. The van der Waals surface area contributed by atoms with Crippen molar-refractivity contribution in [3.05, 3.63) is 100 Å². The quantitative estimate of drug-likeness (QED) is 0.145. The van der Waals surface area contributed by atoms with Crippen molar-refractivity contribution in [2.45, 2.75) is 13.5 Å². The molecule has 184 valence electrons. The molecule has 1 heterocycles. The molecule has 3 aromatic carbocycles. The first-order valence-corrected chi connectivity index (χ1v) is 11.9. The second kappa shape index (κ2) is 10.7. The minimum atomic E-state index is -0.592. The average molecular weight is 592 g/mol. The Hall–Kier alpha value is -3.47. The molecular weight excluding hydrogens is 575 g/mol. The normalized spacial score (nSPS) is 11.2. The van der Waals surface area contributed by atoms with E-state index in [9.17, 15) is 14.9 Å². The highest BCUT2D eigenvalue weighted by molar-refractivity contribution is 9.10. The summed E-state index contributed by atoms with van der Waals surface area (Å²) in [5, 5.41) is 17.3. The van der Waals surface area contributed by atoms with Crippen LogP contribution >= 0.6 is 39.1 Å². The molecule has 0 aliphatic rings. The Morgan fingerprint density at radius 2 is 1.97 bits per heavy atom. The van der Waals surface area contributed by atoms with Crippen molar-refractivity contribution >= 4 is 61.9 Å². The van der Waals surface area contributed by atoms with E-state index < -0.39 is 4.92 Å². The molecule has 0 unspecified atom stereocenters. The topological polar surface area (TPSA) is 109 Å². The smallest absolute Gasteiger partial charge is 0.315 e. The van der Waals surface area contributed by atoms with Gasteiger partial charge in [0.2, 0.25) is 5.75 Å². The van der Waals surface area contributed by atoms with E-state index in [1.54, 1.807) is 43.3 Å². The summed E-state index contributed by atoms with van der Waals surface area (Å²) in [7, 11) is 1.36. The van der Waals surface area contributed by atoms with Gasteiger partial charge in [0.15, 0.2) is 5.75 Å². The van der Waals surface area contributed by atoms with Crippen molar-refractivity contribution in [2.75, 3.05) is 7.11 Å². The van der Waals surface area contributed by atoms with E-state index in [4.69, 9.17) is 32.7 Å². The SMILES string of the molecule is COc1cc(C=Nn2c(C)nc3ccc(Br)cc3c2=O)cc([N+](=O)[O-])c1OCc1ccc(Cl)cc1Cl. The van der Waals surface area contributed by atoms with Gasteiger partial charge in [0.1, 0.15) is 12.4 Å². The molecule has 0 aliphatic heterocycles. The highest BCUT2D eigenvalue weighted by atomic mass is 79.9. The largest absolute Gasteiger partial charge is 0.493 e. The highest BCUT2D eigenvalue weighted by Gasteiger charge is 2.23. The second-order valence-electron chi connectivity index (χ2n) is 7.53. The zero-order valence-corrected chi connectivity index (χ0v) is 22.0. The Kier molecular flexibility index (Phi) is 7.58. The van der Waals surface area contributed by atoms with Crippen LogP contribution < -0.4 is 15.0 Å². The van der Waals surface area contributed by atoms with Gasteiger partial charge in [-0.3, -0.25) is 14.9 Å². The number of ether oxygens (including phenoxy) is 2. The van der Waals surface area contributed by atoms with Crippen LogP contribution in [0, 0.1) is 17.0 Å². The lowest BCUT2D eigenvalue weighted by Gasteiger charge is -2.13. The number of rotatable bonds is 7. The average Bonchev–Trinajstić information content (AvgIpc) is 2.83. The Balaban J connectivity index is 1.71. The standard InChI is InChI=1S/C24H17BrCl2N4O5/c1-13-29-20-6-4-16(25)9-18(20)24(32)30(13)28-11-14-7-21(31(33)34)23(22(8-14)35-2)36-12-15-3-5-17(26)10-19(15)27/h3-11H,12H2,1-2H3. The molecule has 12 heteroatoms. The molecule has 0 bridgehead atoms. The highest BCUT2D eigenvalue weighted by Crippen LogP contribution is 2.39. The van der Waals surface area contributed by atoms with Gasteiger partial charge in [0, 0.05) is 31.7 Å². The van der Waals surface area contributed by atoms with E-state index in [2.05, 4.69) is 26.0 Å². The second-order valence-corrected chi connectivity index (χ2v) is 9.29. The third-order valence-electron chi connectivity index (χ3n) is 5.15. The van der Waals surface area contributed by atoms with Crippen LogP contribution in [0.25, 0.3) is 10.9 Å². The number of aromatic nitrogens is 2. The van der Waals surface area contributed by atoms with Gasteiger partial charge >= 0.3 is 5.69 Å². The first kappa shape index (κ1) is 25.6. The lowest BCUT2D eigenvalue weighted by molar-refractivity contribution is -0.386. The van der Waals surface area contributed by atoms with Gasteiger partial charge < -0.3 is 9.47 Å².